The molecule has 1 aromatic heterocycles. The Balaban J connectivity index is 1.70. The van der Waals surface area contributed by atoms with Gasteiger partial charge in [-0.1, -0.05) is 69.3 Å². The van der Waals surface area contributed by atoms with Crippen LogP contribution in [0.1, 0.15) is 63.1 Å². The number of thioether (sulfide) groups is 1. The smallest absolute Gasteiger partial charge is 0.257 e. The first-order valence-electron chi connectivity index (χ1n) is 10.5. The van der Waals surface area contributed by atoms with Gasteiger partial charge in [0, 0.05) is 29.4 Å². The molecule has 1 aromatic carbocycles. The van der Waals surface area contributed by atoms with Crippen LogP contribution in [0, 0.1) is 18.3 Å². The minimum Gasteiger partial charge on any atom is -0.343 e. The number of hydrogen-bond acceptors (Lipinski definition) is 5. The normalized spacial score (nSPS) is 20.1. The monoisotopic (exact) mass is 423 g/mol. The molecule has 0 saturated carbocycles. The number of benzene rings is 1. The van der Waals surface area contributed by atoms with Crippen molar-refractivity contribution in [1.29, 1.82) is 0 Å². The Kier molecular flexibility index (Phi) is 5.39. The zero-order chi connectivity index (χ0) is 21.6. The van der Waals surface area contributed by atoms with Crippen molar-refractivity contribution in [2.24, 2.45) is 11.3 Å². The number of nitrogens with zero attached hydrogens (tertiary/aromatic N) is 1. The fraction of sp³-hybridized carbons (Fsp3) is 0.458. The topological polar surface area (TPSA) is 74.8 Å². The van der Waals surface area contributed by atoms with E-state index in [2.05, 4.69) is 63.1 Å². The molecule has 2 N–H and O–H groups in total. The summed E-state index contributed by atoms with van der Waals surface area (Å²) in [5, 5.41) is 3.97. The molecule has 1 aliphatic carbocycles. The molecular weight excluding hydrogens is 394 g/mol. The number of fused-ring (bicyclic) bond motifs is 1. The van der Waals surface area contributed by atoms with Gasteiger partial charge in [0.25, 0.3) is 5.56 Å². The van der Waals surface area contributed by atoms with Crippen LogP contribution < -0.4 is 10.9 Å². The Morgan fingerprint density at radius 2 is 2.00 bits per heavy atom. The summed E-state index contributed by atoms with van der Waals surface area (Å²) in [6, 6.07) is 8.33. The van der Waals surface area contributed by atoms with Gasteiger partial charge in [-0.15, -0.1) is 0 Å². The Morgan fingerprint density at radius 1 is 1.23 bits per heavy atom. The molecule has 0 amide bonds. The molecule has 0 bridgehead atoms. The SMILES string of the molecule is Cc1cccc(CSc2nc3c(c(=O)[nH]2)[C@H](C(C)C)C2=C(CC(C)(C)CC2=O)N3)c1. The third-order valence-electron chi connectivity index (χ3n) is 5.87. The van der Waals surface area contributed by atoms with E-state index in [1.807, 2.05) is 6.07 Å². The molecule has 4 rings (SSSR count). The summed E-state index contributed by atoms with van der Waals surface area (Å²) in [5.41, 5.74) is 4.48. The number of carbonyl (C=O) groups is 1. The molecule has 0 radical (unpaired) electrons. The lowest BCUT2D eigenvalue weighted by Crippen LogP contribution is -2.38. The van der Waals surface area contributed by atoms with Crippen molar-refractivity contribution in [3.8, 4) is 0 Å². The lowest BCUT2D eigenvalue weighted by atomic mass is 9.68. The third kappa shape index (κ3) is 3.97. The zero-order valence-corrected chi connectivity index (χ0v) is 19.1. The van der Waals surface area contributed by atoms with Crippen LogP contribution in [0.2, 0.25) is 0 Å². The van der Waals surface area contributed by atoms with Crippen molar-refractivity contribution in [3.63, 3.8) is 0 Å². The van der Waals surface area contributed by atoms with Crippen LogP contribution in [-0.2, 0) is 10.5 Å². The molecule has 2 heterocycles. The molecule has 30 heavy (non-hydrogen) atoms. The van der Waals surface area contributed by atoms with Gasteiger partial charge >= 0.3 is 0 Å². The van der Waals surface area contributed by atoms with E-state index in [0.29, 0.717) is 23.0 Å². The number of aromatic amines is 1. The third-order valence-corrected chi connectivity index (χ3v) is 6.81. The van der Waals surface area contributed by atoms with Gasteiger partial charge in [-0.25, -0.2) is 4.98 Å². The number of aromatic nitrogens is 2. The number of aryl methyl sites for hydroxylation is 1. The van der Waals surface area contributed by atoms with Gasteiger partial charge in [0.2, 0.25) is 0 Å². The Labute approximate surface area is 181 Å². The second kappa shape index (κ2) is 7.73. The largest absolute Gasteiger partial charge is 0.343 e. The van der Waals surface area contributed by atoms with E-state index in [-0.39, 0.29) is 28.6 Å². The van der Waals surface area contributed by atoms with E-state index in [9.17, 15) is 9.59 Å². The number of anilines is 1. The first-order valence-corrected chi connectivity index (χ1v) is 11.5. The highest BCUT2D eigenvalue weighted by Crippen LogP contribution is 2.47. The van der Waals surface area contributed by atoms with Crippen LogP contribution in [-0.4, -0.2) is 15.8 Å². The Morgan fingerprint density at radius 3 is 2.70 bits per heavy atom. The van der Waals surface area contributed by atoms with Gasteiger partial charge in [-0.2, -0.15) is 0 Å². The van der Waals surface area contributed by atoms with Crippen LogP contribution in [0.4, 0.5) is 5.82 Å². The molecule has 1 atom stereocenters. The Hall–Kier alpha value is -2.34. The molecule has 5 nitrogen and oxygen atoms in total. The van der Waals surface area contributed by atoms with Crippen LogP contribution in [0.3, 0.4) is 0 Å². The van der Waals surface area contributed by atoms with E-state index < -0.39 is 0 Å². The first-order chi connectivity index (χ1) is 14.1. The molecule has 158 valence electrons. The number of Topliss-reactive ketones (excluding diaryl/α,β-unsaturated/α-hetero) is 1. The average Bonchev–Trinajstić information content (AvgIpc) is 2.63. The maximum absolute atomic E-state index is 13.1. The molecule has 0 unspecified atom stereocenters. The Bertz CT molecular complexity index is 1100. The summed E-state index contributed by atoms with van der Waals surface area (Å²) in [6.07, 6.45) is 1.30. The second-order valence-electron chi connectivity index (χ2n) is 9.59. The van der Waals surface area contributed by atoms with E-state index in [0.717, 1.165) is 23.4 Å². The molecule has 0 spiro atoms. The number of H-pyrrole nitrogens is 1. The van der Waals surface area contributed by atoms with Crippen molar-refractivity contribution in [1.82, 2.24) is 9.97 Å². The highest BCUT2D eigenvalue weighted by atomic mass is 32.2. The van der Waals surface area contributed by atoms with Gasteiger partial charge in [0.15, 0.2) is 10.9 Å². The van der Waals surface area contributed by atoms with Crippen molar-refractivity contribution in [2.75, 3.05) is 5.32 Å². The van der Waals surface area contributed by atoms with Gasteiger partial charge in [-0.05, 0) is 30.2 Å². The number of allylic oxidation sites excluding steroid dienone is 2. The maximum Gasteiger partial charge on any atom is 0.257 e. The average molecular weight is 424 g/mol. The minimum atomic E-state index is -0.216. The predicted octanol–water partition coefficient (Wildman–Crippen LogP) is 5.18. The van der Waals surface area contributed by atoms with E-state index in [1.54, 1.807) is 0 Å². The number of rotatable bonds is 4. The quantitative estimate of drug-likeness (QED) is 0.524. The highest BCUT2D eigenvalue weighted by molar-refractivity contribution is 7.98. The van der Waals surface area contributed by atoms with Crippen molar-refractivity contribution in [2.45, 2.75) is 64.3 Å². The summed E-state index contributed by atoms with van der Waals surface area (Å²) in [4.78, 5) is 33.8. The number of ketones is 1. The number of carbonyl (C=O) groups excluding carboxylic acids is 1. The van der Waals surface area contributed by atoms with Crippen molar-refractivity contribution >= 4 is 23.4 Å². The summed E-state index contributed by atoms with van der Waals surface area (Å²) in [5.74, 6) is 1.40. The molecule has 1 aliphatic heterocycles. The number of hydrogen-bond donors (Lipinski definition) is 2. The van der Waals surface area contributed by atoms with Crippen LogP contribution >= 0.6 is 11.8 Å². The molecule has 6 heteroatoms. The van der Waals surface area contributed by atoms with Gasteiger partial charge < -0.3 is 10.3 Å². The van der Waals surface area contributed by atoms with Gasteiger partial charge in [0.1, 0.15) is 5.82 Å². The van der Waals surface area contributed by atoms with Gasteiger partial charge in [0.05, 0.1) is 5.56 Å². The lowest BCUT2D eigenvalue weighted by molar-refractivity contribution is -0.118. The fourth-order valence-corrected chi connectivity index (χ4v) is 5.43. The first kappa shape index (κ1) is 20.9. The molecule has 0 saturated heterocycles. The zero-order valence-electron chi connectivity index (χ0n) is 18.3. The predicted molar refractivity (Wildman–Crippen MR) is 122 cm³/mol. The summed E-state index contributed by atoms with van der Waals surface area (Å²) < 4.78 is 0. The molecule has 2 aromatic rings. The summed E-state index contributed by atoms with van der Waals surface area (Å²) in [6.45, 7) is 10.4. The second-order valence-corrected chi connectivity index (χ2v) is 10.6. The molecule has 0 fully saturated rings. The fourth-order valence-electron chi connectivity index (χ4n) is 4.63. The minimum absolute atomic E-state index is 0.0914. The molecular formula is C24H29N3O2S. The van der Waals surface area contributed by atoms with E-state index >= 15 is 0 Å². The molecule has 2 aliphatic rings. The standard InChI is InChI=1S/C24H29N3O2S/c1-13(2)18-19-16(10-24(4,5)11-17(19)28)25-21-20(18)22(29)27-23(26-21)30-12-15-8-6-7-14(3)9-15/h6-9,13,18H,10-12H2,1-5H3,(H2,25,26,27,29)/t18-/m1/s1. The summed E-state index contributed by atoms with van der Waals surface area (Å²) in [7, 11) is 0. The van der Waals surface area contributed by atoms with Crippen molar-refractivity contribution < 1.29 is 4.79 Å². The highest BCUT2D eigenvalue weighted by Gasteiger charge is 2.42. The summed E-state index contributed by atoms with van der Waals surface area (Å²) >= 11 is 1.52. The maximum atomic E-state index is 13.1. The van der Waals surface area contributed by atoms with Crippen LogP contribution in [0.25, 0.3) is 0 Å². The van der Waals surface area contributed by atoms with Gasteiger partial charge in [-0.3, -0.25) is 9.59 Å². The van der Waals surface area contributed by atoms with E-state index in [4.69, 9.17) is 4.98 Å². The van der Waals surface area contributed by atoms with E-state index in [1.165, 1.54) is 22.9 Å². The van der Waals surface area contributed by atoms with Crippen molar-refractivity contribution in [3.05, 3.63) is 62.6 Å². The van der Waals surface area contributed by atoms with Crippen LogP contribution in [0.15, 0.2) is 45.5 Å². The van der Waals surface area contributed by atoms with Crippen LogP contribution in [0.5, 0.6) is 0 Å². The number of nitrogens with one attached hydrogen (secondary N) is 2. The lowest BCUT2D eigenvalue weighted by Gasteiger charge is -2.39.